The Balaban J connectivity index is 2.15. The molecule has 2 rings (SSSR count). The molecule has 0 aliphatic heterocycles. The molecule has 0 aromatic heterocycles. The minimum atomic E-state index is -0.849. The molecule has 0 aliphatic rings. The summed E-state index contributed by atoms with van der Waals surface area (Å²) in [6.45, 7) is 2.06. The fourth-order valence-electron chi connectivity index (χ4n) is 2.13. The summed E-state index contributed by atoms with van der Waals surface area (Å²) < 4.78 is 9.55. The Morgan fingerprint density at radius 1 is 0.913 bits per heavy atom. The van der Waals surface area contributed by atoms with Gasteiger partial charge in [0.2, 0.25) is 0 Å². The highest BCUT2D eigenvalue weighted by Crippen LogP contribution is 2.23. The van der Waals surface area contributed by atoms with Gasteiger partial charge >= 0.3 is 11.9 Å². The molecule has 23 heavy (non-hydrogen) atoms. The highest BCUT2D eigenvalue weighted by molar-refractivity contribution is 5.89. The lowest BCUT2D eigenvalue weighted by molar-refractivity contribution is 0.0525. The van der Waals surface area contributed by atoms with Crippen molar-refractivity contribution in [3.8, 4) is 0 Å². The van der Waals surface area contributed by atoms with E-state index in [2.05, 4.69) is 4.74 Å². The van der Waals surface area contributed by atoms with E-state index in [9.17, 15) is 14.7 Å². The van der Waals surface area contributed by atoms with Crippen LogP contribution >= 0.6 is 0 Å². The van der Waals surface area contributed by atoms with Crippen LogP contribution in [-0.2, 0) is 9.47 Å². The lowest BCUT2D eigenvalue weighted by Gasteiger charge is -2.12. The lowest BCUT2D eigenvalue weighted by Crippen LogP contribution is -2.06. The van der Waals surface area contributed by atoms with E-state index in [4.69, 9.17) is 4.74 Å². The summed E-state index contributed by atoms with van der Waals surface area (Å²) in [5, 5.41) is 10.4. The Kier molecular flexibility index (Phi) is 5.49. The summed E-state index contributed by atoms with van der Waals surface area (Å²) in [6.07, 6.45) is -0.849. The topological polar surface area (TPSA) is 72.8 Å². The molecule has 5 nitrogen and oxygen atoms in total. The van der Waals surface area contributed by atoms with Gasteiger partial charge in [-0.2, -0.15) is 0 Å². The van der Waals surface area contributed by atoms with Crippen molar-refractivity contribution in [1.82, 2.24) is 0 Å². The molecule has 1 unspecified atom stereocenters. The third kappa shape index (κ3) is 3.96. The van der Waals surface area contributed by atoms with Crippen LogP contribution in [0.5, 0.6) is 0 Å². The number of esters is 2. The minimum Gasteiger partial charge on any atom is -0.465 e. The Hall–Kier alpha value is -2.66. The number of ether oxygens (including phenoxy) is 2. The number of hydrogen-bond donors (Lipinski definition) is 1. The first-order valence-corrected chi connectivity index (χ1v) is 7.20. The average molecular weight is 314 g/mol. The summed E-state index contributed by atoms with van der Waals surface area (Å²) in [4.78, 5) is 23.0. The molecular formula is C18H18O5. The zero-order chi connectivity index (χ0) is 16.8. The molecule has 0 saturated carbocycles. The number of carbonyl (C=O) groups excluding carboxylic acids is 2. The number of methoxy groups -OCH3 is 1. The van der Waals surface area contributed by atoms with Crippen LogP contribution in [0.25, 0.3) is 0 Å². The molecule has 1 atom stereocenters. The number of carbonyl (C=O) groups is 2. The van der Waals surface area contributed by atoms with E-state index in [-0.39, 0.29) is 0 Å². The van der Waals surface area contributed by atoms with Crippen LogP contribution in [0.15, 0.2) is 48.5 Å². The van der Waals surface area contributed by atoms with Gasteiger partial charge < -0.3 is 14.6 Å². The van der Waals surface area contributed by atoms with E-state index >= 15 is 0 Å². The predicted molar refractivity (Wildman–Crippen MR) is 84.2 cm³/mol. The molecule has 0 amide bonds. The summed E-state index contributed by atoms with van der Waals surface area (Å²) in [6, 6.07) is 13.1. The van der Waals surface area contributed by atoms with Crippen LogP contribution < -0.4 is 0 Å². The molecule has 0 heterocycles. The van der Waals surface area contributed by atoms with Crippen LogP contribution in [0, 0.1) is 0 Å². The van der Waals surface area contributed by atoms with Gasteiger partial charge in [0.1, 0.15) is 6.10 Å². The van der Waals surface area contributed by atoms with E-state index in [1.165, 1.54) is 7.11 Å². The smallest absolute Gasteiger partial charge is 0.338 e. The van der Waals surface area contributed by atoms with Crippen molar-refractivity contribution in [2.45, 2.75) is 13.0 Å². The van der Waals surface area contributed by atoms with Gasteiger partial charge in [-0.1, -0.05) is 24.3 Å². The maximum atomic E-state index is 11.6. The normalized spacial score (nSPS) is 11.6. The summed E-state index contributed by atoms with van der Waals surface area (Å²) in [5.74, 6) is -0.819. The third-order valence-corrected chi connectivity index (χ3v) is 3.39. The van der Waals surface area contributed by atoms with Gasteiger partial charge in [0, 0.05) is 0 Å². The van der Waals surface area contributed by atoms with Gasteiger partial charge in [-0.25, -0.2) is 9.59 Å². The first kappa shape index (κ1) is 16.7. The van der Waals surface area contributed by atoms with Crippen LogP contribution in [0.2, 0.25) is 0 Å². The predicted octanol–water partition coefficient (Wildman–Crippen LogP) is 2.73. The van der Waals surface area contributed by atoms with E-state index < -0.39 is 18.0 Å². The molecule has 0 fully saturated rings. The molecule has 0 saturated heterocycles. The fraction of sp³-hybridized carbons (Fsp3) is 0.222. The number of benzene rings is 2. The van der Waals surface area contributed by atoms with Crippen LogP contribution in [0.4, 0.5) is 0 Å². The molecule has 0 spiro atoms. The van der Waals surface area contributed by atoms with Crippen molar-refractivity contribution in [3.05, 3.63) is 70.8 Å². The second-order valence-corrected chi connectivity index (χ2v) is 4.86. The van der Waals surface area contributed by atoms with E-state index in [0.717, 1.165) is 0 Å². The molecule has 120 valence electrons. The average Bonchev–Trinajstić information content (AvgIpc) is 2.61. The van der Waals surface area contributed by atoms with E-state index in [0.29, 0.717) is 28.9 Å². The summed E-state index contributed by atoms with van der Waals surface area (Å²) in [5.41, 5.74) is 2.13. The second-order valence-electron chi connectivity index (χ2n) is 4.86. The first-order chi connectivity index (χ1) is 11.1. The van der Waals surface area contributed by atoms with Gasteiger partial charge in [0.05, 0.1) is 24.8 Å². The zero-order valence-corrected chi connectivity index (χ0v) is 13.0. The zero-order valence-electron chi connectivity index (χ0n) is 13.0. The van der Waals surface area contributed by atoms with Gasteiger partial charge in [0.15, 0.2) is 0 Å². The van der Waals surface area contributed by atoms with Gasteiger partial charge in [-0.05, 0) is 42.3 Å². The summed E-state index contributed by atoms with van der Waals surface area (Å²) in [7, 11) is 1.32. The van der Waals surface area contributed by atoms with Gasteiger partial charge in [0.25, 0.3) is 0 Å². The van der Waals surface area contributed by atoms with Gasteiger partial charge in [-0.3, -0.25) is 0 Å². The molecule has 0 aliphatic carbocycles. The Morgan fingerprint density at radius 2 is 1.35 bits per heavy atom. The molecule has 2 aromatic carbocycles. The molecule has 0 bridgehead atoms. The Morgan fingerprint density at radius 3 is 1.74 bits per heavy atom. The second kappa shape index (κ2) is 7.56. The highest BCUT2D eigenvalue weighted by atomic mass is 16.5. The largest absolute Gasteiger partial charge is 0.465 e. The standard InChI is InChI=1S/C18H18O5/c1-3-23-18(21)15-10-6-13(7-11-15)16(19)12-4-8-14(9-5-12)17(20)22-2/h4-11,16,19H,3H2,1-2H3. The molecule has 2 aromatic rings. The minimum absolute atomic E-state index is 0.315. The third-order valence-electron chi connectivity index (χ3n) is 3.39. The van der Waals surface area contributed by atoms with Crippen LogP contribution in [-0.4, -0.2) is 30.8 Å². The van der Waals surface area contributed by atoms with Crippen molar-refractivity contribution in [2.24, 2.45) is 0 Å². The van der Waals surface area contributed by atoms with Crippen molar-refractivity contribution < 1.29 is 24.2 Å². The van der Waals surface area contributed by atoms with Crippen LogP contribution in [0.3, 0.4) is 0 Å². The van der Waals surface area contributed by atoms with Crippen molar-refractivity contribution in [2.75, 3.05) is 13.7 Å². The van der Waals surface area contributed by atoms with Crippen molar-refractivity contribution in [3.63, 3.8) is 0 Å². The molecule has 1 N–H and O–H groups in total. The SMILES string of the molecule is CCOC(=O)c1ccc(C(O)c2ccc(C(=O)OC)cc2)cc1. The lowest BCUT2D eigenvalue weighted by atomic mass is 9.99. The number of rotatable bonds is 5. The molecular weight excluding hydrogens is 296 g/mol. The van der Waals surface area contributed by atoms with E-state index in [1.54, 1.807) is 55.5 Å². The first-order valence-electron chi connectivity index (χ1n) is 7.20. The molecule has 0 radical (unpaired) electrons. The van der Waals surface area contributed by atoms with Gasteiger partial charge in [-0.15, -0.1) is 0 Å². The fourth-order valence-corrected chi connectivity index (χ4v) is 2.13. The Bertz CT molecular complexity index is 674. The number of aliphatic hydroxyl groups is 1. The quantitative estimate of drug-likeness (QED) is 0.859. The molecule has 5 heteroatoms. The van der Waals surface area contributed by atoms with Crippen molar-refractivity contribution in [1.29, 1.82) is 0 Å². The summed E-state index contributed by atoms with van der Waals surface area (Å²) >= 11 is 0. The van der Waals surface area contributed by atoms with E-state index in [1.807, 2.05) is 0 Å². The maximum absolute atomic E-state index is 11.6. The van der Waals surface area contributed by atoms with Crippen LogP contribution in [0.1, 0.15) is 44.9 Å². The highest BCUT2D eigenvalue weighted by Gasteiger charge is 2.13. The number of hydrogen-bond acceptors (Lipinski definition) is 5. The monoisotopic (exact) mass is 314 g/mol. The Labute approximate surface area is 134 Å². The maximum Gasteiger partial charge on any atom is 0.338 e. The van der Waals surface area contributed by atoms with Crippen molar-refractivity contribution >= 4 is 11.9 Å². The number of aliphatic hydroxyl groups excluding tert-OH is 1.